The van der Waals surface area contributed by atoms with E-state index in [1.165, 1.54) is 29.0 Å². The molecule has 0 unspecified atom stereocenters. The van der Waals surface area contributed by atoms with Crippen LogP contribution in [0.15, 0.2) is 79.0 Å². The van der Waals surface area contributed by atoms with Gasteiger partial charge in [-0.3, -0.25) is 0 Å². The number of hydrogen-bond donors (Lipinski definition) is 2. The Morgan fingerprint density at radius 1 is 0.786 bits per heavy atom. The molecule has 2 N–H and O–H groups in total. The molecule has 0 aliphatic heterocycles. The van der Waals surface area contributed by atoms with Crippen molar-refractivity contribution in [2.24, 2.45) is 0 Å². The van der Waals surface area contributed by atoms with Crippen LogP contribution in [0.1, 0.15) is 0 Å². The molecule has 5 aromatic rings. The number of phenolic OH excluding ortho intramolecular Hbond substituents is 2. The summed E-state index contributed by atoms with van der Waals surface area (Å²) in [6, 6.07) is 23.0. The first-order valence-corrected chi connectivity index (χ1v) is 9.53. The van der Waals surface area contributed by atoms with Gasteiger partial charge in [0.05, 0.1) is 11.9 Å². The van der Waals surface area contributed by atoms with Gasteiger partial charge in [-0.15, -0.1) is 0 Å². The Balaban J connectivity index is 1.47. The second-order valence-corrected chi connectivity index (χ2v) is 7.36. The molecule has 0 aliphatic rings. The van der Waals surface area contributed by atoms with Gasteiger partial charge in [0.1, 0.15) is 16.5 Å². The van der Waals surface area contributed by atoms with Crippen molar-refractivity contribution in [2.45, 2.75) is 0 Å². The molecule has 0 atom stereocenters. The van der Waals surface area contributed by atoms with Crippen molar-refractivity contribution in [1.82, 2.24) is 14.6 Å². The molecule has 0 saturated carbocycles. The fourth-order valence-electron chi connectivity index (χ4n) is 3.12. The number of benzene rings is 3. The van der Waals surface area contributed by atoms with Gasteiger partial charge in [0.2, 0.25) is 4.96 Å². The van der Waals surface area contributed by atoms with Crippen molar-refractivity contribution >= 4 is 16.3 Å². The monoisotopic (exact) mass is 385 g/mol. The molecule has 0 amide bonds. The second-order valence-electron chi connectivity index (χ2n) is 6.41. The van der Waals surface area contributed by atoms with Gasteiger partial charge in [0.25, 0.3) is 0 Å². The largest absolute Gasteiger partial charge is 0.508 e. The molecule has 3 aromatic carbocycles. The van der Waals surface area contributed by atoms with E-state index in [1.54, 1.807) is 16.8 Å². The summed E-state index contributed by atoms with van der Waals surface area (Å²) in [4.78, 5) is 5.30. The van der Waals surface area contributed by atoms with E-state index in [4.69, 9.17) is 0 Å². The first-order valence-electron chi connectivity index (χ1n) is 8.72. The van der Waals surface area contributed by atoms with E-state index in [1.807, 2.05) is 18.2 Å². The first kappa shape index (κ1) is 16.5. The minimum absolute atomic E-state index is 0.0116. The van der Waals surface area contributed by atoms with Crippen LogP contribution in [0.25, 0.3) is 37.9 Å². The Hall–Kier alpha value is -3.64. The number of rotatable bonds is 3. The van der Waals surface area contributed by atoms with Gasteiger partial charge in [-0.25, -0.2) is 9.50 Å². The number of fused-ring (bicyclic) bond motifs is 1. The third-order valence-corrected chi connectivity index (χ3v) is 5.51. The molecule has 6 heteroatoms. The van der Waals surface area contributed by atoms with E-state index in [0.29, 0.717) is 11.3 Å². The smallest absolute Gasteiger partial charge is 0.213 e. The quantitative estimate of drug-likeness (QED) is 0.448. The van der Waals surface area contributed by atoms with Crippen LogP contribution in [-0.4, -0.2) is 24.8 Å². The van der Waals surface area contributed by atoms with Crippen molar-refractivity contribution in [3.63, 3.8) is 0 Å². The minimum Gasteiger partial charge on any atom is -0.508 e. The minimum atomic E-state index is -0.0116. The van der Waals surface area contributed by atoms with E-state index in [0.717, 1.165) is 21.1 Å². The molecule has 0 spiro atoms. The third kappa shape index (κ3) is 2.90. The number of imidazole rings is 1. The Bertz CT molecular complexity index is 1240. The predicted molar refractivity (Wildman–Crippen MR) is 111 cm³/mol. The highest BCUT2D eigenvalue weighted by atomic mass is 32.1. The lowest BCUT2D eigenvalue weighted by Gasteiger charge is -2.02. The Labute approximate surface area is 164 Å². The van der Waals surface area contributed by atoms with Crippen molar-refractivity contribution < 1.29 is 10.2 Å². The molecule has 136 valence electrons. The molecule has 0 aliphatic carbocycles. The molecule has 0 bridgehead atoms. The highest BCUT2D eigenvalue weighted by molar-refractivity contribution is 7.19. The van der Waals surface area contributed by atoms with Crippen molar-refractivity contribution in [3.8, 4) is 44.5 Å². The van der Waals surface area contributed by atoms with Gasteiger partial charge in [0.15, 0.2) is 0 Å². The van der Waals surface area contributed by atoms with E-state index in [2.05, 4.69) is 46.5 Å². The molecule has 28 heavy (non-hydrogen) atoms. The SMILES string of the molecule is Oc1ccc(-c2cn3nc(-c4ccc(-c5ccccc5)cc4)sc3n2)c(O)c1. The Kier molecular flexibility index (Phi) is 3.84. The van der Waals surface area contributed by atoms with Crippen LogP contribution >= 0.6 is 11.3 Å². The number of phenols is 2. The van der Waals surface area contributed by atoms with Crippen LogP contribution in [0.5, 0.6) is 11.5 Å². The number of aromatic hydroxyl groups is 2. The lowest BCUT2D eigenvalue weighted by atomic mass is 10.0. The summed E-state index contributed by atoms with van der Waals surface area (Å²) in [5.41, 5.74) is 4.55. The molecule has 0 fully saturated rings. The van der Waals surface area contributed by atoms with Crippen molar-refractivity contribution in [2.75, 3.05) is 0 Å². The van der Waals surface area contributed by atoms with Crippen molar-refractivity contribution in [1.29, 1.82) is 0 Å². The summed E-state index contributed by atoms with van der Waals surface area (Å²) in [5.74, 6) is 0.00380. The summed E-state index contributed by atoms with van der Waals surface area (Å²) in [7, 11) is 0. The van der Waals surface area contributed by atoms with Crippen LogP contribution in [0.4, 0.5) is 0 Å². The number of aromatic nitrogens is 3. The maximum Gasteiger partial charge on any atom is 0.213 e. The van der Waals surface area contributed by atoms with Crippen molar-refractivity contribution in [3.05, 3.63) is 79.0 Å². The zero-order valence-electron chi connectivity index (χ0n) is 14.6. The van der Waals surface area contributed by atoms with Gasteiger partial charge in [-0.1, -0.05) is 65.9 Å². The second kappa shape index (κ2) is 6.51. The summed E-state index contributed by atoms with van der Waals surface area (Å²) >= 11 is 1.49. The van der Waals surface area contributed by atoms with Crippen LogP contribution < -0.4 is 0 Å². The summed E-state index contributed by atoms with van der Waals surface area (Å²) in [5, 5.41) is 25.0. The molecular formula is C22H15N3O2S. The maximum atomic E-state index is 10.0. The third-order valence-electron chi connectivity index (χ3n) is 4.54. The highest BCUT2D eigenvalue weighted by Crippen LogP contribution is 2.34. The summed E-state index contributed by atoms with van der Waals surface area (Å²) < 4.78 is 1.72. The highest BCUT2D eigenvalue weighted by Gasteiger charge is 2.14. The first-order chi connectivity index (χ1) is 13.7. The van der Waals surface area contributed by atoms with Crippen LogP contribution in [-0.2, 0) is 0 Å². The average molecular weight is 385 g/mol. The van der Waals surface area contributed by atoms with E-state index in [-0.39, 0.29) is 11.5 Å². The van der Waals surface area contributed by atoms with Crippen LogP contribution in [0.2, 0.25) is 0 Å². The number of nitrogens with zero attached hydrogens (tertiary/aromatic N) is 3. The lowest BCUT2D eigenvalue weighted by Crippen LogP contribution is -1.84. The molecular weight excluding hydrogens is 370 g/mol. The van der Waals surface area contributed by atoms with Crippen LogP contribution in [0.3, 0.4) is 0 Å². The molecule has 5 rings (SSSR count). The molecule has 2 aromatic heterocycles. The Morgan fingerprint density at radius 2 is 1.50 bits per heavy atom. The maximum absolute atomic E-state index is 10.0. The molecule has 5 nitrogen and oxygen atoms in total. The zero-order chi connectivity index (χ0) is 19.1. The van der Waals surface area contributed by atoms with Gasteiger partial charge in [-0.2, -0.15) is 5.10 Å². The average Bonchev–Trinajstić information content (AvgIpc) is 3.28. The number of hydrogen-bond acceptors (Lipinski definition) is 5. The van der Waals surface area contributed by atoms with E-state index in [9.17, 15) is 10.2 Å². The fourth-order valence-corrected chi connectivity index (χ4v) is 4.01. The normalized spacial score (nSPS) is 11.1. The lowest BCUT2D eigenvalue weighted by molar-refractivity contribution is 0.452. The van der Waals surface area contributed by atoms with Gasteiger partial charge >= 0.3 is 0 Å². The summed E-state index contributed by atoms with van der Waals surface area (Å²) in [6.07, 6.45) is 1.78. The predicted octanol–water partition coefficient (Wildman–Crippen LogP) is 5.20. The van der Waals surface area contributed by atoms with E-state index < -0.39 is 0 Å². The van der Waals surface area contributed by atoms with Gasteiger partial charge in [0, 0.05) is 17.2 Å². The van der Waals surface area contributed by atoms with E-state index >= 15 is 0 Å². The van der Waals surface area contributed by atoms with Gasteiger partial charge < -0.3 is 10.2 Å². The Morgan fingerprint density at radius 3 is 2.21 bits per heavy atom. The standard InChI is InChI=1S/C22H15N3O2S/c26-17-10-11-18(20(27)12-17)19-13-25-22(23-19)28-21(24-25)16-8-6-15(7-9-16)14-4-2-1-3-5-14/h1-13,26-27H. The molecule has 0 radical (unpaired) electrons. The van der Waals surface area contributed by atoms with Gasteiger partial charge in [-0.05, 0) is 23.3 Å². The molecule has 0 saturated heterocycles. The van der Waals surface area contributed by atoms with Crippen LogP contribution in [0, 0.1) is 0 Å². The topological polar surface area (TPSA) is 70.7 Å². The molecule has 2 heterocycles. The zero-order valence-corrected chi connectivity index (χ0v) is 15.5. The fraction of sp³-hybridized carbons (Fsp3) is 0. The summed E-state index contributed by atoms with van der Waals surface area (Å²) in [6.45, 7) is 0.